The first-order valence-corrected chi connectivity index (χ1v) is 10.9. The fourth-order valence-corrected chi connectivity index (χ4v) is 4.64. The molecule has 0 spiro atoms. The van der Waals surface area contributed by atoms with E-state index in [2.05, 4.69) is 5.32 Å². The number of carbonyl (C=O) groups is 2. The molecule has 0 bridgehead atoms. The maximum Gasteiger partial charge on any atom is 0.251 e. The summed E-state index contributed by atoms with van der Waals surface area (Å²) in [5.74, 6) is -0.625. The molecule has 150 valence electrons. The van der Waals surface area contributed by atoms with Crippen molar-refractivity contribution in [1.29, 1.82) is 0 Å². The van der Waals surface area contributed by atoms with Crippen molar-refractivity contribution >= 4 is 52.0 Å². The topological polar surface area (TPSA) is 52.7 Å². The van der Waals surface area contributed by atoms with Crippen molar-refractivity contribution in [3.8, 4) is 0 Å². The number of carbonyl (C=O) groups excluding carboxylic acids is 2. The van der Waals surface area contributed by atoms with Crippen molar-refractivity contribution in [2.75, 3.05) is 30.4 Å². The van der Waals surface area contributed by atoms with Crippen LogP contribution in [0.1, 0.15) is 23.4 Å². The third-order valence-corrected chi connectivity index (χ3v) is 6.18. The van der Waals surface area contributed by atoms with Gasteiger partial charge in [0.15, 0.2) is 0 Å². The van der Waals surface area contributed by atoms with Gasteiger partial charge in [-0.05, 0) is 49.1 Å². The standard InChI is InChI=1S/C20H23Cl2N3O2S/c1-13-10-15(22)5-6-16(13)25(18(26)11-21)19(17-4-3-9-28-17)20(27)24-8-7-23-14(2)12-24/h3-6,9-10,14,19,23H,7-8,11-12H2,1-2H3/t14-,19-/m0/s1. The third-order valence-electron chi connectivity index (χ3n) is 4.79. The van der Waals surface area contributed by atoms with Crippen LogP contribution < -0.4 is 10.2 Å². The molecule has 0 radical (unpaired) electrons. The average Bonchev–Trinajstić information content (AvgIpc) is 3.20. The monoisotopic (exact) mass is 439 g/mol. The van der Waals surface area contributed by atoms with Gasteiger partial charge in [0.1, 0.15) is 11.9 Å². The highest BCUT2D eigenvalue weighted by Gasteiger charge is 2.37. The minimum Gasteiger partial charge on any atom is -0.338 e. The van der Waals surface area contributed by atoms with Gasteiger partial charge in [0.05, 0.1) is 0 Å². The number of amides is 2. The molecule has 2 heterocycles. The zero-order valence-electron chi connectivity index (χ0n) is 15.8. The van der Waals surface area contributed by atoms with E-state index in [0.29, 0.717) is 23.8 Å². The number of halogens is 2. The van der Waals surface area contributed by atoms with Gasteiger partial charge < -0.3 is 10.2 Å². The van der Waals surface area contributed by atoms with Gasteiger partial charge in [0.25, 0.3) is 5.91 Å². The van der Waals surface area contributed by atoms with E-state index in [1.165, 1.54) is 16.2 Å². The quantitative estimate of drug-likeness (QED) is 0.719. The van der Waals surface area contributed by atoms with E-state index < -0.39 is 6.04 Å². The normalized spacial score (nSPS) is 18.0. The van der Waals surface area contributed by atoms with Crippen LogP contribution in [-0.4, -0.2) is 48.3 Å². The number of rotatable bonds is 5. The summed E-state index contributed by atoms with van der Waals surface area (Å²) in [6.07, 6.45) is 0. The number of piperazine rings is 1. The second-order valence-electron chi connectivity index (χ2n) is 6.89. The molecule has 1 aliphatic rings. The van der Waals surface area contributed by atoms with Crippen molar-refractivity contribution in [2.24, 2.45) is 0 Å². The molecule has 2 amide bonds. The molecule has 1 aromatic heterocycles. The molecular weight excluding hydrogens is 417 g/mol. The minimum atomic E-state index is -0.753. The largest absolute Gasteiger partial charge is 0.338 e. The lowest BCUT2D eigenvalue weighted by atomic mass is 10.1. The number of anilines is 1. The maximum absolute atomic E-state index is 13.6. The molecule has 1 N–H and O–H groups in total. The van der Waals surface area contributed by atoms with E-state index in [-0.39, 0.29) is 23.7 Å². The summed E-state index contributed by atoms with van der Waals surface area (Å²) >= 11 is 13.5. The molecule has 0 saturated carbocycles. The number of hydrogen-bond acceptors (Lipinski definition) is 4. The van der Waals surface area contributed by atoms with Crippen LogP contribution in [0.15, 0.2) is 35.7 Å². The van der Waals surface area contributed by atoms with E-state index in [1.807, 2.05) is 36.3 Å². The van der Waals surface area contributed by atoms with Crippen LogP contribution in [0.5, 0.6) is 0 Å². The highest BCUT2D eigenvalue weighted by Crippen LogP contribution is 2.35. The zero-order chi connectivity index (χ0) is 20.3. The molecular formula is C20H23Cl2N3O2S. The minimum absolute atomic E-state index is 0.0939. The number of nitrogens with one attached hydrogen (secondary N) is 1. The lowest BCUT2D eigenvalue weighted by molar-refractivity contribution is -0.135. The van der Waals surface area contributed by atoms with Crippen LogP contribution in [0.4, 0.5) is 5.69 Å². The Labute approximate surface area is 179 Å². The second kappa shape index (κ2) is 9.27. The van der Waals surface area contributed by atoms with Crippen molar-refractivity contribution < 1.29 is 9.59 Å². The number of aryl methyl sites for hydroxylation is 1. The van der Waals surface area contributed by atoms with Crippen molar-refractivity contribution in [1.82, 2.24) is 10.2 Å². The fourth-order valence-electron chi connectivity index (χ4n) is 3.48. The van der Waals surface area contributed by atoms with E-state index in [9.17, 15) is 9.59 Å². The van der Waals surface area contributed by atoms with Crippen LogP contribution in [0.2, 0.25) is 5.02 Å². The summed E-state index contributed by atoms with van der Waals surface area (Å²) in [7, 11) is 0. The lowest BCUT2D eigenvalue weighted by Gasteiger charge is -2.38. The third kappa shape index (κ3) is 4.51. The Morgan fingerprint density at radius 2 is 2.18 bits per heavy atom. The highest BCUT2D eigenvalue weighted by atomic mass is 35.5. The SMILES string of the molecule is Cc1cc(Cl)ccc1N(C(=O)CCl)[C@H](C(=O)N1CCN[C@@H](C)C1)c1cccs1. The molecule has 5 nitrogen and oxygen atoms in total. The number of alkyl halides is 1. The van der Waals surface area contributed by atoms with Crippen LogP contribution in [-0.2, 0) is 9.59 Å². The van der Waals surface area contributed by atoms with Gasteiger partial charge in [0, 0.05) is 41.3 Å². The Morgan fingerprint density at radius 3 is 2.79 bits per heavy atom. The van der Waals surface area contributed by atoms with E-state index in [4.69, 9.17) is 23.2 Å². The Bertz CT molecular complexity index is 844. The van der Waals surface area contributed by atoms with Gasteiger partial charge in [-0.15, -0.1) is 22.9 Å². The first-order chi connectivity index (χ1) is 13.4. The Hall–Kier alpha value is -1.60. The van der Waals surface area contributed by atoms with Crippen LogP contribution in [0.25, 0.3) is 0 Å². The summed E-state index contributed by atoms with van der Waals surface area (Å²) in [6.45, 7) is 5.85. The lowest BCUT2D eigenvalue weighted by Crippen LogP contribution is -2.55. The summed E-state index contributed by atoms with van der Waals surface area (Å²) in [5, 5.41) is 5.83. The first kappa shape index (κ1) is 21.1. The van der Waals surface area contributed by atoms with Crippen molar-refractivity contribution in [3.05, 3.63) is 51.2 Å². The van der Waals surface area contributed by atoms with Gasteiger partial charge in [0.2, 0.25) is 5.91 Å². The molecule has 2 atom stereocenters. The highest BCUT2D eigenvalue weighted by molar-refractivity contribution is 7.10. The number of hydrogen-bond donors (Lipinski definition) is 1. The van der Waals surface area contributed by atoms with E-state index >= 15 is 0 Å². The molecule has 3 rings (SSSR count). The molecule has 0 unspecified atom stereocenters. The Balaban J connectivity index is 2.07. The summed E-state index contributed by atoms with van der Waals surface area (Å²) in [4.78, 5) is 30.7. The fraction of sp³-hybridized carbons (Fsp3) is 0.400. The van der Waals surface area contributed by atoms with Crippen molar-refractivity contribution in [2.45, 2.75) is 25.9 Å². The van der Waals surface area contributed by atoms with E-state index in [0.717, 1.165) is 17.0 Å². The summed E-state index contributed by atoms with van der Waals surface area (Å²) in [5.41, 5.74) is 1.46. The van der Waals surface area contributed by atoms with Gasteiger partial charge in [-0.1, -0.05) is 17.7 Å². The van der Waals surface area contributed by atoms with E-state index in [1.54, 1.807) is 18.2 Å². The van der Waals surface area contributed by atoms with Crippen LogP contribution in [0, 0.1) is 6.92 Å². The predicted molar refractivity (Wildman–Crippen MR) is 115 cm³/mol. The first-order valence-electron chi connectivity index (χ1n) is 9.12. The average molecular weight is 440 g/mol. The molecule has 1 saturated heterocycles. The number of nitrogens with zero attached hydrogens (tertiary/aromatic N) is 2. The Morgan fingerprint density at radius 1 is 1.39 bits per heavy atom. The molecule has 2 aromatic rings. The maximum atomic E-state index is 13.6. The molecule has 1 aliphatic heterocycles. The molecule has 8 heteroatoms. The van der Waals surface area contributed by atoms with Gasteiger partial charge in [-0.3, -0.25) is 14.5 Å². The van der Waals surface area contributed by atoms with Crippen LogP contribution >= 0.6 is 34.5 Å². The van der Waals surface area contributed by atoms with Gasteiger partial charge in [-0.2, -0.15) is 0 Å². The predicted octanol–water partition coefficient (Wildman–Crippen LogP) is 3.84. The van der Waals surface area contributed by atoms with Crippen LogP contribution in [0.3, 0.4) is 0 Å². The van der Waals surface area contributed by atoms with Gasteiger partial charge in [-0.25, -0.2) is 0 Å². The molecule has 0 aliphatic carbocycles. The molecule has 1 fully saturated rings. The second-order valence-corrected chi connectivity index (χ2v) is 8.57. The summed E-state index contributed by atoms with van der Waals surface area (Å²) in [6, 6.07) is 8.51. The number of benzene rings is 1. The summed E-state index contributed by atoms with van der Waals surface area (Å²) < 4.78 is 0. The molecule has 1 aromatic carbocycles. The molecule has 28 heavy (non-hydrogen) atoms. The Kier molecular flexibility index (Phi) is 6.99. The smallest absolute Gasteiger partial charge is 0.251 e. The number of thiophene rings is 1. The zero-order valence-corrected chi connectivity index (χ0v) is 18.2. The van der Waals surface area contributed by atoms with Crippen molar-refractivity contribution in [3.63, 3.8) is 0 Å². The van der Waals surface area contributed by atoms with Gasteiger partial charge >= 0.3 is 0 Å².